The van der Waals surface area contributed by atoms with Gasteiger partial charge in [0, 0.05) is 24.2 Å². The number of rotatable bonds is 6. The molecular weight excluding hydrogens is 398 g/mol. The first kappa shape index (κ1) is 21.8. The molecule has 156 valence electrons. The minimum atomic E-state index is -0.523. The van der Waals surface area contributed by atoms with Crippen molar-refractivity contribution in [3.63, 3.8) is 0 Å². The molecule has 0 saturated carbocycles. The summed E-state index contributed by atoms with van der Waals surface area (Å²) >= 11 is 1.29. The maximum absolute atomic E-state index is 12.8. The molecule has 0 aromatic heterocycles. The van der Waals surface area contributed by atoms with E-state index in [1.165, 1.54) is 18.7 Å². The highest BCUT2D eigenvalue weighted by atomic mass is 32.2. The number of hydrogen-bond donors (Lipinski definition) is 1. The van der Waals surface area contributed by atoms with Crippen LogP contribution in [0.3, 0.4) is 0 Å². The van der Waals surface area contributed by atoms with Gasteiger partial charge in [-0.25, -0.2) is 4.99 Å². The summed E-state index contributed by atoms with van der Waals surface area (Å²) in [4.78, 5) is 43.2. The van der Waals surface area contributed by atoms with Crippen LogP contribution in [0, 0.1) is 13.8 Å². The number of aliphatic imine (C=N–C) groups is 1. The van der Waals surface area contributed by atoms with Crippen LogP contribution >= 0.6 is 11.8 Å². The molecule has 6 nitrogen and oxygen atoms in total. The van der Waals surface area contributed by atoms with E-state index in [1.54, 1.807) is 29.2 Å². The van der Waals surface area contributed by atoms with Crippen molar-refractivity contribution in [1.29, 1.82) is 0 Å². The molecule has 1 aliphatic rings. The van der Waals surface area contributed by atoms with Crippen LogP contribution in [-0.4, -0.2) is 39.5 Å². The number of carbonyl (C=O) groups excluding carboxylic acids is 3. The number of aryl methyl sites for hydroxylation is 1. The van der Waals surface area contributed by atoms with Crippen molar-refractivity contribution in [2.24, 2.45) is 4.99 Å². The van der Waals surface area contributed by atoms with Gasteiger partial charge in [-0.15, -0.1) is 0 Å². The van der Waals surface area contributed by atoms with E-state index in [0.29, 0.717) is 23.0 Å². The smallest absolute Gasteiger partial charge is 0.242 e. The van der Waals surface area contributed by atoms with E-state index in [0.717, 1.165) is 16.8 Å². The maximum Gasteiger partial charge on any atom is 0.242 e. The molecule has 0 spiro atoms. The molecule has 1 saturated heterocycles. The first-order valence-corrected chi connectivity index (χ1v) is 10.7. The van der Waals surface area contributed by atoms with Crippen LogP contribution < -0.4 is 5.32 Å². The number of amidine groups is 1. The molecule has 3 rings (SSSR count). The number of hydrogen-bond acceptors (Lipinski definition) is 5. The van der Waals surface area contributed by atoms with E-state index in [1.807, 2.05) is 39.0 Å². The van der Waals surface area contributed by atoms with E-state index in [2.05, 4.69) is 10.3 Å². The summed E-state index contributed by atoms with van der Waals surface area (Å²) < 4.78 is 0. The second kappa shape index (κ2) is 9.26. The van der Waals surface area contributed by atoms with Crippen LogP contribution in [0.2, 0.25) is 0 Å². The van der Waals surface area contributed by atoms with Crippen LogP contribution in [0.5, 0.6) is 0 Å². The summed E-state index contributed by atoms with van der Waals surface area (Å²) in [5, 5.41) is 2.94. The minimum absolute atomic E-state index is 0.0412. The third-order valence-electron chi connectivity index (χ3n) is 5.06. The zero-order valence-electron chi connectivity index (χ0n) is 17.6. The molecule has 1 heterocycles. The van der Waals surface area contributed by atoms with Crippen molar-refractivity contribution >= 4 is 45.9 Å². The Morgan fingerprint density at radius 2 is 1.90 bits per heavy atom. The summed E-state index contributed by atoms with van der Waals surface area (Å²) in [5.41, 5.74) is 4.05. The molecule has 0 unspecified atom stereocenters. The summed E-state index contributed by atoms with van der Waals surface area (Å²) in [6.07, 6.45) is 0.0693. The number of nitrogens with one attached hydrogen (secondary N) is 1. The molecule has 2 aromatic carbocycles. The van der Waals surface area contributed by atoms with E-state index >= 15 is 0 Å². The molecular formula is C23H25N3O3S. The molecule has 1 N–H and O–H groups in total. The second-order valence-corrected chi connectivity index (χ2v) is 8.36. The van der Waals surface area contributed by atoms with Gasteiger partial charge < -0.3 is 5.32 Å². The van der Waals surface area contributed by atoms with Crippen LogP contribution in [0.15, 0.2) is 47.5 Å². The molecule has 30 heavy (non-hydrogen) atoms. The van der Waals surface area contributed by atoms with Crippen LogP contribution in [0.4, 0.5) is 11.4 Å². The number of carbonyl (C=O) groups is 3. The van der Waals surface area contributed by atoms with Crippen molar-refractivity contribution in [1.82, 2.24) is 4.90 Å². The fourth-order valence-corrected chi connectivity index (χ4v) is 4.40. The van der Waals surface area contributed by atoms with Crippen LogP contribution in [0.1, 0.15) is 41.8 Å². The number of anilines is 1. The maximum atomic E-state index is 12.8. The fourth-order valence-electron chi connectivity index (χ4n) is 3.18. The fraction of sp³-hybridized carbons (Fsp3) is 0.304. The molecule has 0 bridgehead atoms. The molecule has 1 aliphatic heterocycles. The third-order valence-corrected chi connectivity index (χ3v) is 6.24. The van der Waals surface area contributed by atoms with Crippen molar-refractivity contribution in [2.75, 3.05) is 11.9 Å². The standard InChI is InChI=1S/C23H25N3O3S/c1-5-26-22(29)20(13-21(28)25-19-11-6-8-14(2)15(19)3)30-23(26)24-18-10-7-9-17(12-18)16(4)27/h6-12,20H,5,13H2,1-4H3,(H,25,28)/t20-/m1/s1. The number of ketones is 1. The SMILES string of the molecule is CCN1C(=O)[C@@H](CC(=O)Nc2cccc(C)c2C)SC1=Nc1cccc(C(C)=O)c1. The van der Waals surface area contributed by atoms with Gasteiger partial charge >= 0.3 is 0 Å². The molecule has 7 heteroatoms. The topological polar surface area (TPSA) is 78.8 Å². The number of Topliss-reactive ketones (excluding diaryl/α,β-unsaturated/α-hetero) is 1. The molecule has 1 atom stereocenters. The predicted octanol–water partition coefficient (Wildman–Crippen LogP) is 4.49. The Morgan fingerprint density at radius 1 is 1.17 bits per heavy atom. The second-order valence-electron chi connectivity index (χ2n) is 7.19. The van der Waals surface area contributed by atoms with E-state index in [-0.39, 0.29) is 24.0 Å². The number of amides is 2. The Morgan fingerprint density at radius 3 is 2.60 bits per heavy atom. The minimum Gasteiger partial charge on any atom is -0.326 e. The van der Waals surface area contributed by atoms with Crippen LogP contribution in [-0.2, 0) is 9.59 Å². The highest BCUT2D eigenvalue weighted by Gasteiger charge is 2.38. The quantitative estimate of drug-likeness (QED) is 0.695. The Labute approximate surface area is 180 Å². The molecule has 1 fully saturated rings. The lowest BCUT2D eigenvalue weighted by molar-refractivity contribution is -0.128. The van der Waals surface area contributed by atoms with Gasteiger partial charge in [0.05, 0.1) is 5.69 Å². The van der Waals surface area contributed by atoms with E-state index in [4.69, 9.17) is 0 Å². The lowest BCUT2D eigenvalue weighted by Crippen LogP contribution is -2.33. The molecule has 2 amide bonds. The first-order chi connectivity index (χ1) is 14.3. The van der Waals surface area contributed by atoms with Crippen LogP contribution in [0.25, 0.3) is 0 Å². The molecule has 0 radical (unpaired) electrons. The van der Waals surface area contributed by atoms with Gasteiger partial charge in [0.2, 0.25) is 11.8 Å². The van der Waals surface area contributed by atoms with Gasteiger partial charge in [-0.3, -0.25) is 19.3 Å². The average Bonchev–Trinajstić information content (AvgIpc) is 2.99. The van der Waals surface area contributed by atoms with E-state index < -0.39 is 5.25 Å². The average molecular weight is 424 g/mol. The highest BCUT2D eigenvalue weighted by molar-refractivity contribution is 8.15. The van der Waals surface area contributed by atoms with Gasteiger partial charge in [0.15, 0.2) is 11.0 Å². The zero-order chi connectivity index (χ0) is 21.8. The Balaban J connectivity index is 1.75. The van der Waals surface area contributed by atoms with Crippen molar-refractivity contribution in [3.05, 3.63) is 59.2 Å². The van der Waals surface area contributed by atoms with Gasteiger partial charge in [-0.2, -0.15) is 0 Å². The normalized spacial score (nSPS) is 17.5. The Hall–Kier alpha value is -2.93. The monoisotopic (exact) mass is 423 g/mol. The Bertz CT molecular complexity index is 1030. The molecule has 2 aromatic rings. The Kier molecular flexibility index (Phi) is 6.72. The lowest BCUT2D eigenvalue weighted by Gasteiger charge is -2.14. The van der Waals surface area contributed by atoms with Gasteiger partial charge in [-0.05, 0) is 57.0 Å². The van der Waals surface area contributed by atoms with Gasteiger partial charge in [0.25, 0.3) is 0 Å². The van der Waals surface area contributed by atoms with Crippen molar-refractivity contribution < 1.29 is 14.4 Å². The van der Waals surface area contributed by atoms with E-state index in [9.17, 15) is 14.4 Å². The lowest BCUT2D eigenvalue weighted by atomic mass is 10.1. The first-order valence-electron chi connectivity index (χ1n) is 9.84. The number of nitrogens with zero attached hydrogens (tertiary/aromatic N) is 2. The largest absolute Gasteiger partial charge is 0.326 e. The van der Waals surface area contributed by atoms with Gasteiger partial charge in [-0.1, -0.05) is 36.0 Å². The summed E-state index contributed by atoms with van der Waals surface area (Å²) in [6.45, 7) is 7.79. The van der Waals surface area contributed by atoms with Gasteiger partial charge in [0.1, 0.15) is 5.25 Å². The molecule has 0 aliphatic carbocycles. The highest BCUT2D eigenvalue weighted by Crippen LogP contribution is 2.32. The van der Waals surface area contributed by atoms with Crippen molar-refractivity contribution in [2.45, 2.75) is 39.4 Å². The van der Waals surface area contributed by atoms with Crippen molar-refractivity contribution in [3.8, 4) is 0 Å². The summed E-state index contributed by atoms with van der Waals surface area (Å²) in [7, 11) is 0. The summed E-state index contributed by atoms with van der Waals surface area (Å²) in [5.74, 6) is -0.369. The number of thioether (sulfide) groups is 1. The zero-order valence-corrected chi connectivity index (χ0v) is 18.4. The summed E-state index contributed by atoms with van der Waals surface area (Å²) in [6, 6.07) is 12.7. The third kappa shape index (κ3) is 4.79. The number of benzene rings is 2. The predicted molar refractivity (Wildman–Crippen MR) is 121 cm³/mol.